The Balaban J connectivity index is 1.76. The molecule has 9 heteroatoms. The minimum absolute atomic E-state index is 0.00441. The third-order valence-electron chi connectivity index (χ3n) is 4.64. The quantitative estimate of drug-likeness (QED) is 0.302. The van der Waals surface area contributed by atoms with E-state index in [2.05, 4.69) is 27.0 Å². The van der Waals surface area contributed by atoms with Crippen LogP contribution in [0.2, 0.25) is 0 Å². The predicted octanol–water partition coefficient (Wildman–Crippen LogP) is 3.85. The van der Waals surface area contributed by atoms with E-state index in [0.717, 1.165) is 30.5 Å². The lowest BCUT2D eigenvalue weighted by molar-refractivity contribution is 0.125. The van der Waals surface area contributed by atoms with E-state index in [1.54, 1.807) is 18.6 Å². The molecular formula is C22H26N6O3. The van der Waals surface area contributed by atoms with Crippen LogP contribution >= 0.6 is 0 Å². The molecule has 2 heterocycles. The minimum Gasteiger partial charge on any atom is -0.465 e. The molecule has 0 aliphatic rings. The van der Waals surface area contributed by atoms with Gasteiger partial charge in [-0.3, -0.25) is 4.90 Å². The zero-order valence-corrected chi connectivity index (χ0v) is 17.7. The second kappa shape index (κ2) is 10.9. The average molecular weight is 422 g/mol. The summed E-state index contributed by atoms with van der Waals surface area (Å²) in [5, 5.41) is 13.8. The van der Waals surface area contributed by atoms with Crippen molar-refractivity contribution in [1.29, 1.82) is 0 Å². The van der Waals surface area contributed by atoms with Gasteiger partial charge in [-0.2, -0.15) is 0 Å². The summed E-state index contributed by atoms with van der Waals surface area (Å²) in [4.78, 5) is 31.1. The number of anilines is 1. The van der Waals surface area contributed by atoms with Crippen molar-refractivity contribution in [2.75, 3.05) is 11.4 Å². The Hall–Kier alpha value is -3.75. The normalized spacial score (nSPS) is 11.4. The first kappa shape index (κ1) is 21.9. The van der Waals surface area contributed by atoms with Crippen molar-refractivity contribution in [2.24, 2.45) is 12.2 Å². The van der Waals surface area contributed by atoms with E-state index in [0.29, 0.717) is 23.9 Å². The Morgan fingerprint density at radius 2 is 2.03 bits per heavy atom. The number of hydrogen-bond donors (Lipinski definition) is 1. The first-order chi connectivity index (χ1) is 15.1. The Morgan fingerprint density at radius 3 is 2.71 bits per heavy atom. The number of unbranched alkanes of at least 4 members (excludes halogenated alkanes) is 2. The zero-order valence-electron chi connectivity index (χ0n) is 17.7. The van der Waals surface area contributed by atoms with Crippen molar-refractivity contribution >= 4 is 17.6 Å². The van der Waals surface area contributed by atoms with Crippen molar-refractivity contribution in [3.63, 3.8) is 0 Å². The molecule has 2 aromatic heterocycles. The number of imidazole rings is 1. The molecule has 0 aliphatic heterocycles. The van der Waals surface area contributed by atoms with Crippen molar-refractivity contribution < 1.29 is 14.7 Å². The zero-order chi connectivity index (χ0) is 22.1. The number of hydrogen-bond acceptors (Lipinski definition) is 6. The molecule has 0 spiro atoms. The summed E-state index contributed by atoms with van der Waals surface area (Å²) in [7, 11) is 1.88. The van der Waals surface area contributed by atoms with Crippen molar-refractivity contribution in [3.05, 3.63) is 72.2 Å². The smallest absolute Gasteiger partial charge is 0.413 e. The molecule has 0 saturated carbocycles. The SMILES string of the molecule is CCCCCN(C(=O)O)c1ccnc(CO/N=C(/c2ccccc2)c2cncn2C)n1. The lowest BCUT2D eigenvalue weighted by Gasteiger charge is -2.18. The molecule has 31 heavy (non-hydrogen) atoms. The van der Waals surface area contributed by atoms with Gasteiger partial charge in [0.2, 0.25) is 0 Å². The van der Waals surface area contributed by atoms with Crippen LogP contribution in [0.25, 0.3) is 0 Å². The number of carbonyl (C=O) groups is 1. The monoisotopic (exact) mass is 422 g/mol. The van der Waals surface area contributed by atoms with E-state index in [-0.39, 0.29) is 6.61 Å². The van der Waals surface area contributed by atoms with E-state index in [9.17, 15) is 9.90 Å². The summed E-state index contributed by atoms with van der Waals surface area (Å²) in [5.41, 5.74) is 2.31. The maximum absolute atomic E-state index is 11.6. The van der Waals surface area contributed by atoms with Crippen LogP contribution in [0.15, 0.2) is 60.3 Å². The maximum atomic E-state index is 11.6. The van der Waals surface area contributed by atoms with E-state index in [1.165, 1.54) is 11.1 Å². The minimum atomic E-state index is -1.04. The molecule has 3 aromatic rings. The second-order valence-electron chi connectivity index (χ2n) is 6.94. The van der Waals surface area contributed by atoms with Crippen molar-refractivity contribution in [3.8, 4) is 0 Å². The van der Waals surface area contributed by atoms with Gasteiger partial charge in [0.25, 0.3) is 0 Å². The Morgan fingerprint density at radius 1 is 1.23 bits per heavy atom. The molecule has 9 nitrogen and oxygen atoms in total. The molecule has 0 bridgehead atoms. The highest BCUT2D eigenvalue weighted by Gasteiger charge is 2.16. The second-order valence-corrected chi connectivity index (χ2v) is 6.94. The highest BCUT2D eigenvalue weighted by Crippen LogP contribution is 2.14. The molecule has 0 atom stereocenters. The third kappa shape index (κ3) is 5.88. The molecule has 0 unspecified atom stereocenters. The molecule has 3 rings (SSSR count). The Kier molecular flexibility index (Phi) is 7.69. The van der Waals surface area contributed by atoms with Gasteiger partial charge in [-0.1, -0.05) is 55.3 Å². The predicted molar refractivity (Wildman–Crippen MR) is 117 cm³/mol. The van der Waals surface area contributed by atoms with E-state index in [4.69, 9.17) is 4.84 Å². The molecule has 0 radical (unpaired) electrons. The third-order valence-corrected chi connectivity index (χ3v) is 4.64. The van der Waals surface area contributed by atoms with Crippen LogP contribution in [0.3, 0.4) is 0 Å². The van der Waals surface area contributed by atoms with Gasteiger partial charge in [0.15, 0.2) is 12.4 Å². The van der Waals surface area contributed by atoms with Crippen molar-refractivity contribution in [2.45, 2.75) is 32.8 Å². The van der Waals surface area contributed by atoms with Crippen LogP contribution < -0.4 is 4.90 Å². The molecule has 1 aromatic carbocycles. The van der Waals surface area contributed by atoms with E-state index in [1.807, 2.05) is 41.9 Å². The fourth-order valence-electron chi connectivity index (χ4n) is 3.02. The molecule has 1 amide bonds. The highest BCUT2D eigenvalue weighted by atomic mass is 16.6. The van der Waals surface area contributed by atoms with E-state index < -0.39 is 6.09 Å². The number of carboxylic acid groups (broad SMARTS) is 1. The maximum Gasteiger partial charge on any atom is 0.413 e. The number of aryl methyl sites for hydroxylation is 1. The first-order valence-corrected chi connectivity index (χ1v) is 10.1. The van der Waals surface area contributed by atoms with Gasteiger partial charge in [-0.15, -0.1) is 0 Å². The summed E-state index contributed by atoms with van der Waals surface area (Å²) in [6.45, 7) is 2.46. The summed E-state index contributed by atoms with van der Waals surface area (Å²) < 4.78 is 1.85. The van der Waals surface area contributed by atoms with Crippen LogP contribution in [0, 0.1) is 0 Å². The van der Waals surface area contributed by atoms with Gasteiger partial charge in [-0.25, -0.2) is 19.7 Å². The Bertz CT molecular complexity index is 1020. The largest absolute Gasteiger partial charge is 0.465 e. The standard InChI is InChI=1S/C22H26N6O3/c1-3-4-8-13-28(22(29)30)20-11-12-24-19(25-20)15-31-26-21(17-9-6-5-7-10-17)18-14-23-16-27(18)2/h5-7,9-12,14,16H,3-4,8,13,15H2,1-2H3,(H,29,30)/b26-21-. The van der Waals surface area contributed by atoms with Gasteiger partial charge in [0.1, 0.15) is 11.5 Å². The van der Waals surface area contributed by atoms with Crippen LogP contribution in [0.5, 0.6) is 0 Å². The van der Waals surface area contributed by atoms with Crippen LogP contribution in [0.1, 0.15) is 43.3 Å². The number of aromatic nitrogens is 4. The van der Waals surface area contributed by atoms with Crippen LogP contribution in [-0.4, -0.2) is 43.0 Å². The van der Waals surface area contributed by atoms with Gasteiger partial charge in [-0.05, 0) is 12.5 Å². The number of rotatable bonds is 10. The summed E-state index contributed by atoms with van der Waals surface area (Å²) in [6, 6.07) is 11.2. The molecule has 0 aliphatic carbocycles. The molecule has 0 fully saturated rings. The fraction of sp³-hybridized carbons (Fsp3) is 0.318. The fourth-order valence-corrected chi connectivity index (χ4v) is 3.02. The van der Waals surface area contributed by atoms with Crippen LogP contribution in [-0.2, 0) is 18.5 Å². The molecule has 1 N–H and O–H groups in total. The van der Waals surface area contributed by atoms with Crippen LogP contribution in [0.4, 0.5) is 10.6 Å². The summed E-state index contributed by atoms with van der Waals surface area (Å²) in [6.07, 6.45) is 6.63. The van der Waals surface area contributed by atoms with E-state index >= 15 is 0 Å². The Labute approximate surface area is 181 Å². The molecule has 162 valence electrons. The molecular weight excluding hydrogens is 396 g/mol. The summed E-state index contributed by atoms with van der Waals surface area (Å²) in [5.74, 6) is 0.677. The number of nitrogens with zero attached hydrogens (tertiary/aromatic N) is 6. The summed E-state index contributed by atoms with van der Waals surface area (Å²) >= 11 is 0. The molecule has 0 saturated heterocycles. The van der Waals surface area contributed by atoms with Gasteiger partial charge >= 0.3 is 6.09 Å². The number of amides is 1. The topological polar surface area (TPSA) is 106 Å². The van der Waals surface area contributed by atoms with Gasteiger partial charge in [0, 0.05) is 25.4 Å². The first-order valence-electron chi connectivity index (χ1n) is 10.1. The average Bonchev–Trinajstić information content (AvgIpc) is 3.20. The lowest BCUT2D eigenvalue weighted by Crippen LogP contribution is -2.31. The van der Waals surface area contributed by atoms with Gasteiger partial charge < -0.3 is 14.5 Å². The number of benzene rings is 1. The number of oxime groups is 1. The lowest BCUT2D eigenvalue weighted by atomic mass is 10.1. The highest BCUT2D eigenvalue weighted by molar-refractivity contribution is 6.11. The van der Waals surface area contributed by atoms with Gasteiger partial charge in [0.05, 0.1) is 18.2 Å². The van der Waals surface area contributed by atoms with Crippen molar-refractivity contribution in [1.82, 2.24) is 19.5 Å².